The summed E-state index contributed by atoms with van der Waals surface area (Å²) in [6, 6.07) is 0. The van der Waals surface area contributed by atoms with Gasteiger partial charge in [0.2, 0.25) is 0 Å². The minimum Gasteiger partial charge on any atom is -0.471 e. The Hall–Kier alpha value is -0.980. The summed E-state index contributed by atoms with van der Waals surface area (Å²) in [6.45, 7) is 3.30. The normalized spacial score (nSPS) is 14.4. The van der Waals surface area contributed by atoms with Gasteiger partial charge in [-0.15, -0.1) is 5.92 Å². The van der Waals surface area contributed by atoms with E-state index in [0.29, 0.717) is 20.0 Å². The third-order valence-electron chi connectivity index (χ3n) is 1.96. The van der Waals surface area contributed by atoms with E-state index in [1.54, 1.807) is 7.11 Å². The molecule has 14 heavy (non-hydrogen) atoms. The molecule has 1 aliphatic rings. The van der Waals surface area contributed by atoms with Crippen molar-refractivity contribution in [2.24, 2.45) is 0 Å². The van der Waals surface area contributed by atoms with Crippen molar-refractivity contribution in [2.45, 2.75) is 19.8 Å². The molecule has 3 heteroatoms. The van der Waals surface area contributed by atoms with E-state index >= 15 is 0 Å². The molecule has 0 heterocycles. The van der Waals surface area contributed by atoms with E-state index in [9.17, 15) is 0 Å². The first-order chi connectivity index (χ1) is 6.88. The van der Waals surface area contributed by atoms with Gasteiger partial charge in [0.1, 0.15) is 5.76 Å². The van der Waals surface area contributed by atoms with Gasteiger partial charge in [0.05, 0.1) is 13.2 Å². The molecule has 0 saturated heterocycles. The maximum absolute atomic E-state index is 5.39. The molecule has 78 valence electrons. The Balaban J connectivity index is 2.12. The zero-order valence-electron chi connectivity index (χ0n) is 8.76. The Morgan fingerprint density at radius 1 is 1.29 bits per heavy atom. The van der Waals surface area contributed by atoms with Crippen molar-refractivity contribution in [3.05, 3.63) is 11.3 Å². The van der Waals surface area contributed by atoms with Gasteiger partial charge in [-0.3, -0.25) is 0 Å². The van der Waals surface area contributed by atoms with Crippen molar-refractivity contribution in [1.29, 1.82) is 0 Å². The van der Waals surface area contributed by atoms with Gasteiger partial charge in [-0.05, 0) is 13.3 Å². The molecule has 0 radical (unpaired) electrons. The van der Waals surface area contributed by atoms with Gasteiger partial charge < -0.3 is 14.2 Å². The summed E-state index contributed by atoms with van der Waals surface area (Å²) in [5.41, 5.74) is 1.11. The Labute approximate surface area is 85.0 Å². The van der Waals surface area contributed by atoms with Crippen LogP contribution in [0.25, 0.3) is 0 Å². The highest BCUT2D eigenvalue weighted by molar-refractivity contribution is 5.37. The Kier molecular flexibility index (Phi) is 5.13. The van der Waals surface area contributed by atoms with E-state index in [4.69, 9.17) is 14.2 Å². The van der Waals surface area contributed by atoms with Gasteiger partial charge in [-0.1, -0.05) is 5.92 Å². The zero-order chi connectivity index (χ0) is 10.2. The molecular formula is C11H16O3. The van der Waals surface area contributed by atoms with Crippen LogP contribution in [0.3, 0.4) is 0 Å². The van der Waals surface area contributed by atoms with Gasteiger partial charge in [0.15, 0.2) is 6.79 Å². The second-order valence-corrected chi connectivity index (χ2v) is 2.94. The number of allylic oxidation sites excluding steroid dienone is 2. The monoisotopic (exact) mass is 196 g/mol. The lowest BCUT2D eigenvalue weighted by molar-refractivity contribution is -0.0450. The fourth-order valence-corrected chi connectivity index (χ4v) is 1.11. The maximum Gasteiger partial charge on any atom is 0.188 e. The van der Waals surface area contributed by atoms with Crippen molar-refractivity contribution in [3.8, 4) is 11.8 Å². The Bertz CT molecular complexity index is 257. The van der Waals surface area contributed by atoms with Gasteiger partial charge in [-0.25, -0.2) is 0 Å². The van der Waals surface area contributed by atoms with E-state index in [1.807, 2.05) is 6.92 Å². The van der Waals surface area contributed by atoms with Crippen molar-refractivity contribution < 1.29 is 14.2 Å². The standard InChI is InChI=1S/C11H16O3/c1-3-4-10-5-6-11(10)14-9-13-8-7-12-2/h5-9H2,1-2H3. The van der Waals surface area contributed by atoms with Crippen LogP contribution >= 0.6 is 0 Å². The fourth-order valence-electron chi connectivity index (χ4n) is 1.11. The van der Waals surface area contributed by atoms with Crippen molar-refractivity contribution in [2.75, 3.05) is 27.1 Å². The highest BCUT2D eigenvalue weighted by atomic mass is 16.7. The zero-order valence-corrected chi connectivity index (χ0v) is 8.76. The summed E-state index contributed by atoms with van der Waals surface area (Å²) in [4.78, 5) is 0. The number of methoxy groups -OCH3 is 1. The van der Waals surface area contributed by atoms with E-state index in [2.05, 4.69) is 11.8 Å². The number of hydrogen-bond acceptors (Lipinski definition) is 3. The summed E-state index contributed by atoms with van der Waals surface area (Å²) in [6.07, 6.45) is 2.02. The highest BCUT2D eigenvalue weighted by Crippen LogP contribution is 2.27. The number of hydrogen-bond donors (Lipinski definition) is 0. The van der Waals surface area contributed by atoms with Crippen molar-refractivity contribution in [1.82, 2.24) is 0 Å². The molecule has 0 amide bonds. The summed E-state index contributed by atoms with van der Waals surface area (Å²) in [5.74, 6) is 6.85. The van der Waals surface area contributed by atoms with Crippen LogP contribution in [0.5, 0.6) is 0 Å². The minimum absolute atomic E-state index is 0.299. The minimum atomic E-state index is 0.299. The van der Waals surface area contributed by atoms with Crippen LogP contribution in [-0.4, -0.2) is 27.1 Å². The average molecular weight is 196 g/mol. The van der Waals surface area contributed by atoms with Gasteiger partial charge in [0.25, 0.3) is 0 Å². The molecule has 0 spiro atoms. The predicted octanol–water partition coefficient (Wildman–Crippen LogP) is 1.69. The molecule has 0 atom stereocenters. The second-order valence-electron chi connectivity index (χ2n) is 2.94. The van der Waals surface area contributed by atoms with E-state index in [-0.39, 0.29) is 0 Å². The highest BCUT2D eigenvalue weighted by Gasteiger charge is 2.16. The molecule has 0 aromatic carbocycles. The Morgan fingerprint density at radius 3 is 2.71 bits per heavy atom. The fraction of sp³-hybridized carbons (Fsp3) is 0.636. The van der Waals surface area contributed by atoms with Gasteiger partial charge in [0, 0.05) is 19.1 Å². The summed E-state index contributed by atoms with van der Waals surface area (Å²) in [5, 5.41) is 0. The van der Waals surface area contributed by atoms with Crippen LogP contribution in [-0.2, 0) is 14.2 Å². The van der Waals surface area contributed by atoms with Gasteiger partial charge >= 0.3 is 0 Å². The van der Waals surface area contributed by atoms with Crippen LogP contribution in [0, 0.1) is 11.8 Å². The topological polar surface area (TPSA) is 27.7 Å². The SMILES string of the molecule is CC#CC1=C(OCOCCOC)CC1. The average Bonchev–Trinajstić information content (AvgIpc) is 2.18. The van der Waals surface area contributed by atoms with Crippen LogP contribution in [0.4, 0.5) is 0 Å². The summed E-state index contributed by atoms with van der Waals surface area (Å²) < 4.78 is 15.4. The second kappa shape index (κ2) is 6.47. The van der Waals surface area contributed by atoms with Gasteiger partial charge in [-0.2, -0.15) is 0 Å². The third-order valence-corrected chi connectivity index (χ3v) is 1.96. The van der Waals surface area contributed by atoms with Crippen LogP contribution in [0.1, 0.15) is 19.8 Å². The molecule has 0 fully saturated rings. The quantitative estimate of drug-likeness (QED) is 0.367. The molecule has 1 aliphatic carbocycles. The molecule has 0 N–H and O–H groups in total. The molecule has 0 unspecified atom stereocenters. The third kappa shape index (κ3) is 3.41. The number of ether oxygens (including phenoxy) is 3. The predicted molar refractivity (Wildman–Crippen MR) is 53.5 cm³/mol. The Morgan fingerprint density at radius 2 is 2.14 bits per heavy atom. The first-order valence-corrected chi connectivity index (χ1v) is 4.72. The molecule has 3 nitrogen and oxygen atoms in total. The molecule has 0 saturated carbocycles. The van der Waals surface area contributed by atoms with Crippen molar-refractivity contribution >= 4 is 0 Å². The molecule has 0 aromatic heterocycles. The van der Waals surface area contributed by atoms with Crippen LogP contribution in [0.2, 0.25) is 0 Å². The smallest absolute Gasteiger partial charge is 0.188 e. The molecule has 1 rings (SSSR count). The lowest BCUT2D eigenvalue weighted by Gasteiger charge is -2.20. The maximum atomic E-state index is 5.39. The number of rotatable bonds is 6. The summed E-state index contributed by atoms with van der Waals surface area (Å²) in [7, 11) is 1.65. The molecular weight excluding hydrogens is 180 g/mol. The van der Waals surface area contributed by atoms with E-state index < -0.39 is 0 Å². The van der Waals surface area contributed by atoms with E-state index in [0.717, 1.165) is 24.2 Å². The van der Waals surface area contributed by atoms with Crippen LogP contribution in [0.15, 0.2) is 11.3 Å². The lowest BCUT2D eigenvalue weighted by atomic mass is 9.97. The molecule has 0 aliphatic heterocycles. The molecule has 0 aromatic rings. The summed E-state index contributed by atoms with van der Waals surface area (Å²) >= 11 is 0. The first kappa shape index (κ1) is 11.1. The largest absolute Gasteiger partial charge is 0.471 e. The first-order valence-electron chi connectivity index (χ1n) is 4.72. The van der Waals surface area contributed by atoms with E-state index in [1.165, 1.54) is 0 Å². The van der Waals surface area contributed by atoms with Crippen LogP contribution < -0.4 is 0 Å². The lowest BCUT2D eigenvalue weighted by Crippen LogP contribution is -2.11. The van der Waals surface area contributed by atoms with Crippen molar-refractivity contribution in [3.63, 3.8) is 0 Å². The molecule has 0 bridgehead atoms.